The van der Waals surface area contributed by atoms with Crippen LogP contribution in [-0.2, 0) is 11.8 Å². The highest BCUT2D eigenvalue weighted by Crippen LogP contribution is 2.18. The second-order valence-electron chi connectivity index (χ2n) is 4.88. The smallest absolute Gasteiger partial charge is 0.261 e. The lowest BCUT2D eigenvalue weighted by Gasteiger charge is -2.27. The maximum absolute atomic E-state index is 6.13. The van der Waals surface area contributed by atoms with E-state index in [1.165, 1.54) is 0 Å². The molecule has 3 rings (SSSR count). The van der Waals surface area contributed by atoms with E-state index in [0.717, 1.165) is 31.9 Å². The van der Waals surface area contributed by atoms with Crippen molar-refractivity contribution in [1.82, 2.24) is 24.8 Å². The van der Waals surface area contributed by atoms with Gasteiger partial charge in [0.15, 0.2) is 5.82 Å². The van der Waals surface area contributed by atoms with E-state index in [1.54, 1.807) is 10.9 Å². The van der Waals surface area contributed by atoms with Gasteiger partial charge >= 0.3 is 0 Å². The molecule has 0 spiro atoms. The first kappa shape index (κ1) is 13.2. The zero-order chi connectivity index (χ0) is 13.9. The lowest BCUT2D eigenvalue weighted by atomic mass is 10.2. The van der Waals surface area contributed by atoms with Gasteiger partial charge < -0.3 is 15.0 Å². The van der Waals surface area contributed by atoms with Crippen LogP contribution in [0.1, 0.15) is 11.9 Å². The molecule has 1 saturated heterocycles. The van der Waals surface area contributed by atoms with Crippen LogP contribution >= 0.6 is 0 Å². The highest BCUT2D eigenvalue weighted by molar-refractivity contribution is 5.49. The van der Waals surface area contributed by atoms with Gasteiger partial charge in [0.2, 0.25) is 0 Å². The van der Waals surface area contributed by atoms with E-state index < -0.39 is 0 Å². The molecule has 3 heterocycles. The Kier molecular flexibility index (Phi) is 3.77. The van der Waals surface area contributed by atoms with Crippen LogP contribution in [0.4, 0.5) is 0 Å². The third-order valence-corrected chi connectivity index (χ3v) is 3.28. The summed E-state index contributed by atoms with van der Waals surface area (Å²) >= 11 is 0. The van der Waals surface area contributed by atoms with Crippen molar-refractivity contribution in [2.24, 2.45) is 12.8 Å². The molecular formula is C12H18N6O2. The minimum Gasteiger partial charge on any atom is -0.379 e. The second kappa shape index (κ2) is 5.70. The third kappa shape index (κ3) is 2.87. The summed E-state index contributed by atoms with van der Waals surface area (Å²) in [7, 11) is 1.84. The van der Waals surface area contributed by atoms with Crippen molar-refractivity contribution in [3.8, 4) is 11.5 Å². The lowest BCUT2D eigenvalue weighted by Crippen LogP contribution is -2.40. The Morgan fingerprint density at radius 3 is 2.90 bits per heavy atom. The van der Waals surface area contributed by atoms with E-state index in [4.69, 9.17) is 15.0 Å². The Hall–Kier alpha value is -1.77. The summed E-state index contributed by atoms with van der Waals surface area (Å²) in [6.45, 7) is 3.98. The number of morpholine rings is 1. The summed E-state index contributed by atoms with van der Waals surface area (Å²) in [5.41, 5.74) is 6.93. The molecule has 0 aromatic carbocycles. The first-order valence-electron chi connectivity index (χ1n) is 6.60. The Bertz CT molecular complexity index is 560. The van der Waals surface area contributed by atoms with Crippen LogP contribution in [0.25, 0.3) is 11.5 Å². The monoisotopic (exact) mass is 278 g/mol. The number of hydrogen-bond donors (Lipinski definition) is 1. The minimum absolute atomic E-state index is 0.262. The standard InChI is InChI=1S/C12H18N6O2/c1-17-7-9(6-14-17)12-15-11(16-20-12)10(13)8-18-2-4-19-5-3-18/h6-7,10H,2-5,8,13H2,1H3. The van der Waals surface area contributed by atoms with Gasteiger partial charge in [-0.2, -0.15) is 10.1 Å². The fourth-order valence-corrected chi connectivity index (χ4v) is 2.18. The molecule has 2 N–H and O–H groups in total. The van der Waals surface area contributed by atoms with E-state index >= 15 is 0 Å². The van der Waals surface area contributed by atoms with Crippen LogP contribution in [0.15, 0.2) is 16.9 Å². The Labute approximate surface area is 116 Å². The zero-order valence-electron chi connectivity index (χ0n) is 11.4. The van der Waals surface area contributed by atoms with Gasteiger partial charge in [0.1, 0.15) is 0 Å². The molecule has 8 nitrogen and oxygen atoms in total. The molecule has 0 amide bonds. The van der Waals surface area contributed by atoms with Crippen molar-refractivity contribution in [1.29, 1.82) is 0 Å². The van der Waals surface area contributed by atoms with E-state index in [1.807, 2.05) is 13.2 Å². The fourth-order valence-electron chi connectivity index (χ4n) is 2.18. The molecule has 0 radical (unpaired) electrons. The summed E-state index contributed by atoms with van der Waals surface area (Å²) in [5.74, 6) is 0.973. The number of rotatable bonds is 4. The molecule has 0 saturated carbocycles. The Balaban J connectivity index is 1.66. The van der Waals surface area contributed by atoms with Gasteiger partial charge in [0, 0.05) is 32.9 Å². The van der Waals surface area contributed by atoms with Crippen molar-refractivity contribution in [2.45, 2.75) is 6.04 Å². The van der Waals surface area contributed by atoms with Gasteiger partial charge in [-0.05, 0) is 0 Å². The summed E-state index contributed by atoms with van der Waals surface area (Å²) in [6, 6.07) is -0.262. The molecule has 0 bridgehead atoms. The van der Waals surface area contributed by atoms with Gasteiger partial charge in [-0.1, -0.05) is 5.16 Å². The van der Waals surface area contributed by atoms with Crippen LogP contribution < -0.4 is 5.73 Å². The van der Waals surface area contributed by atoms with Crippen molar-refractivity contribution < 1.29 is 9.26 Å². The van der Waals surface area contributed by atoms with E-state index in [2.05, 4.69) is 20.1 Å². The maximum Gasteiger partial charge on any atom is 0.261 e. The molecular weight excluding hydrogens is 260 g/mol. The minimum atomic E-state index is -0.262. The molecule has 108 valence electrons. The molecule has 2 aromatic rings. The van der Waals surface area contributed by atoms with Crippen LogP contribution in [0.3, 0.4) is 0 Å². The van der Waals surface area contributed by atoms with Crippen molar-refractivity contribution >= 4 is 0 Å². The summed E-state index contributed by atoms with van der Waals surface area (Å²) in [6.07, 6.45) is 3.51. The average Bonchev–Trinajstić information content (AvgIpc) is 3.08. The molecule has 1 atom stereocenters. The van der Waals surface area contributed by atoms with Crippen LogP contribution in [0.5, 0.6) is 0 Å². The zero-order valence-corrected chi connectivity index (χ0v) is 11.4. The SMILES string of the molecule is Cn1cc(-c2nc(C(N)CN3CCOCC3)no2)cn1. The molecule has 1 fully saturated rings. The average molecular weight is 278 g/mol. The van der Waals surface area contributed by atoms with E-state index in [9.17, 15) is 0 Å². The topological polar surface area (TPSA) is 95.2 Å². The summed E-state index contributed by atoms with van der Waals surface area (Å²) in [4.78, 5) is 6.59. The predicted octanol–water partition coefficient (Wildman–Crippen LogP) is -0.198. The fraction of sp³-hybridized carbons (Fsp3) is 0.583. The van der Waals surface area contributed by atoms with Gasteiger partial charge in [0.25, 0.3) is 5.89 Å². The van der Waals surface area contributed by atoms with Gasteiger partial charge in [-0.3, -0.25) is 9.58 Å². The van der Waals surface area contributed by atoms with Gasteiger partial charge in [-0.25, -0.2) is 0 Å². The van der Waals surface area contributed by atoms with Crippen molar-refractivity contribution in [3.05, 3.63) is 18.2 Å². The highest BCUT2D eigenvalue weighted by Gasteiger charge is 2.20. The molecule has 1 aliphatic heterocycles. The molecule has 1 aliphatic rings. The normalized spacial score (nSPS) is 18.3. The van der Waals surface area contributed by atoms with E-state index in [-0.39, 0.29) is 6.04 Å². The Morgan fingerprint density at radius 1 is 1.40 bits per heavy atom. The van der Waals surface area contributed by atoms with Gasteiger partial charge in [-0.15, -0.1) is 0 Å². The second-order valence-corrected chi connectivity index (χ2v) is 4.88. The first-order chi connectivity index (χ1) is 9.72. The molecule has 20 heavy (non-hydrogen) atoms. The third-order valence-electron chi connectivity index (χ3n) is 3.28. The number of ether oxygens (including phenoxy) is 1. The van der Waals surface area contributed by atoms with Crippen LogP contribution in [0.2, 0.25) is 0 Å². The number of hydrogen-bond acceptors (Lipinski definition) is 7. The first-order valence-corrected chi connectivity index (χ1v) is 6.60. The molecule has 1 unspecified atom stereocenters. The summed E-state index contributed by atoms with van der Waals surface area (Å²) in [5, 5.41) is 8.04. The van der Waals surface area contributed by atoms with Gasteiger partial charge in [0.05, 0.1) is 31.0 Å². The largest absolute Gasteiger partial charge is 0.379 e. The molecule has 8 heteroatoms. The van der Waals surface area contributed by atoms with Crippen molar-refractivity contribution in [3.63, 3.8) is 0 Å². The number of aryl methyl sites for hydroxylation is 1. The number of nitrogens with two attached hydrogens (primary N) is 1. The molecule has 2 aromatic heterocycles. The van der Waals surface area contributed by atoms with Crippen molar-refractivity contribution in [2.75, 3.05) is 32.8 Å². The maximum atomic E-state index is 6.13. The predicted molar refractivity (Wildman–Crippen MR) is 70.7 cm³/mol. The summed E-state index contributed by atoms with van der Waals surface area (Å²) < 4.78 is 12.2. The van der Waals surface area contributed by atoms with Crippen LogP contribution in [-0.4, -0.2) is 57.7 Å². The number of aromatic nitrogens is 4. The van der Waals surface area contributed by atoms with E-state index in [0.29, 0.717) is 18.3 Å². The highest BCUT2D eigenvalue weighted by atomic mass is 16.5. The van der Waals surface area contributed by atoms with Crippen LogP contribution in [0, 0.1) is 0 Å². The lowest BCUT2D eigenvalue weighted by molar-refractivity contribution is 0.0348. The Morgan fingerprint density at radius 2 is 2.20 bits per heavy atom. The molecule has 0 aliphatic carbocycles. The quantitative estimate of drug-likeness (QED) is 0.827. The number of nitrogens with zero attached hydrogens (tertiary/aromatic N) is 5.